The molecular formula is C29H38O4. The van der Waals surface area contributed by atoms with Crippen molar-refractivity contribution in [2.45, 2.75) is 91.0 Å². The van der Waals surface area contributed by atoms with E-state index in [4.69, 9.17) is 4.74 Å². The molecule has 5 aliphatic rings. The molecule has 33 heavy (non-hydrogen) atoms. The van der Waals surface area contributed by atoms with Gasteiger partial charge in [-0.3, -0.25) is 9.59 Å². The number of ether oxygens (including phenoxy) is 1. The third-order valence-electron chi connectivity index (χ3n) is 10.4. The van der Waals surface area contributed by atoms with Gasteiger partial charge in [-0.25, -0.2) is 0 Å². The van der Waals surface area contributed by atoms with Crippen LogP contribution >= 0.6 is 0 Å². The Morgan fingerprint density at radius 2 is 1.85 bits per heavy atom. The molecule has 2 bridgehead atoms. The maximum atomic E-state index is 13.9. The average molecular weight is 451 g/mol. The fraction of sp³-hybridized carbons (Fsp3) is 0.655. The molecule has 1 saturated carbocycles. The van der Waals surface area contributed by atoms with Gasteiger partial charge in [-0.2, -0.15) is 0 Å². The molecule has 1 saturated heterocycles. The van der Waals surface area contributed by atoms with Gasteiger partial charge in [0.2, 0.25) is 0 Å². The molecule has 4 aliphatic carbocycles. The van der Waals surface area contributed by atoms with E-state index in [9.17, 15) is 14.7 Å². The SMILES string of the molecule is C[C@@H](C(=O)[C@@]1(C)O[C@]23CC[C@H]([C@@H]1C)[C@@]2(C)C=CC1=C3C=CC2=CC(=O)CC[C@@]21C)C(C)(C)O. The largest absolute Gasteiger partial charge is 0.390 e. The second kappa shape index (κ2) is 6.66. The summed E-state index contributed by atoms with van der Waals surface area (Å²) in [7, 11) is 0. The van der Waals surface area contributed by atoms with E-state index in [0.717, 1.165) is 24.8 Å². The molecule has 0 aromatic heterocycles. The summed E-state index contributed by atoms with van der Waals surface area (Å²) in [6, 6.07) is 0. The van der Waals surface area contributed by atoms with Crippen molar-refractivity contribution in [2.75, 3.05) is 0 Å². The molecular weight excluding hydrogens is 412 g/mol. The highest BCUT2D eigenvalue weighted by Crippen LogP contribution is 2.69. The molecule has 1 N–H and O–H groups in total. The topological polar surface area (TPSA) is 63.6 Å². The van der Waals surface area contributed by atoms with E-state index in [-0.39, 0.29) is 28.3 Å². The van der Waals surface area contributed by atoms with Gasteiger partial charge >= 0.3 is 0 Å². The Morgan fingerprint density at radius 1 is 1.15 bits per heavy atom. The first-order valence-electron chi connectivity index (χ1n) is 12.6. The maximum Gasteiger partial charge on any atom is 0.170 e. The van der Waals surface area contributed by atoms with E-state index in [1.807, 2.05) is 19.9 Å². The molecule has 4 nitrogen and oxygen atoms in total. The van der Waals surface area contributed by atoms with Gasteiger partial charge in [-0.1, -0.05) is 52.0 Å². The number of allylic oxidation sites excluding steroid dienone is 5. The Balaban J connectivity index is 1.66. The molecule has 0 radical (unpaired) electrons. The molecule has 0 aromatic carbocycles. The predicted molar refractivity (Wildman–Crippen MR) is 128 cm³/mol. The smallest absolute Gasteiger partial charge is 0.170 e. The Labute approximate surface area is 197 Å². The standard InChI is InChI=1S/C29H38O4/c1-17-21-12-15-29(33-28(17,7)24(31)18(2)25(3,4)32)23-9-8-19-16-20(30)10-13-26(19,5)22(23)11-14-27(21,29)6/h8-9,11,14,16-18,21,32H,10,12-13,15H2,1-7H3/t17-,18-,21+,26-,27+,28-,29-/m0/s1. The lowest BCUT2D eigenvalue weighted by Gasteiger charge is -2.61. The zero-order valence-corrected chi connectivity index (χ0v) is 21.1. The highest BCUT2D eigenvalue weighted by atomic mass is 16.5. The van der Waals surface area contributed by atoms with Crippen LogP contribution in [0.3, 0.4) is 0 Å². The number of aliphatic hydroxyl groups is 1. The zero-order chi connectivity index (χ0) is 24.2. The van der Waals surface area contributed by atoms with Gasteiger partial charge < -0.3 is 9.84 Å². The number of hydrogen-bond donors (Lipinski definition) is 1. The number of Topliss-reactive ketones (excluding diaryl/α,β-unsaturated/α-hetero) is 1. The lowest BCUT2D eigenvalue weighted by atomic mass is 9.52. The van der Waals surface area contributed by atoms with Gasteiger partial charge in [0.15, 0.2) is 11.6 Å². The minimum absolute atomic E-state index is 0.0117. The third-order valence-corrected chi connectivity index (χ3v) is 10.4. The van der Waals surface area contributed by atoms with Crippen molar-refractivity contribution in [3.8, 4) is 0 Å². The summed E-state index contributed by atoms with van der Waals surface area (Å²) in [5, 5.41) is 10.6. The van der Waals surface area contributed by atoms with E-state index in [1.165, 1.54) is 11.1 Å². The minimum atomic E-state index is -1.11. The van der Waals surface area contributed by atoms with Crippen LogP contribution in [-0.4, -0.2) is 33.5 Å². The summed E-state index contributed by atoms with van der Waals surface area (Å²) in [6.45, 7) is 13.9. The van der Waals surface area contributed by atoms with Gasteiger partial charge in [-0.15, -0.1) is 0 Å². The molecule has 4 heteroatoms. The maximum absolute atomic E-state index is 13.9. The normalized spacial score (nSPS) is 44.7. The number of hydrogen-bond acceptors (Lipinski definition) is 4. The van der Waals surface area contributed by atoms with Crippen LogP contribution in [0.1, 0.15) is 74.1 Å². The Bertz CT molecular complexity index is 1070. The second-order valence-electron chi connectivity index (χ2n) is 12.4. The van der Waals surface area contributed by atoms with Crippen LogP contribution in [0.25, 0.3) is 0 Å². The first-order valence-corrected chi connectivity index (χ1v) is 12.6. The molecule has 0 aromatic rings. The van der Waals surface area contributed by atoms with Crippen LogP contribution < -0.4 is 0 Å². The highest BCUT2D eigenvalue weighted by molar-refractivity contribution is 5.93. The molecule has 0 unspecified atom stereocenters. The molecule has 2 fully saturated rings. The lowest BCUT2D eigenvalue weighted by Crippen LogP contribution is -2.66. The van der Waals surface area contributed by atoms with Crippen LogP contribution in [0, 0.1) is 28.6 Å². The number of ketones is 2. The van der Waals surface area contributed by atoms with Crippen molar-refractivity contribution < 1.29 is 19.4 Å². The van der Waals surface area contributed by atoms with Crippen LogP contribution in [0.15, 0.2) is 47.1 Å². The van der Waals surface area contributed by atoms with Crippen LogP contribution in [0.2, 0.25) is 0 Å². The van der Waals surface area contributed by atoms with Gasteiger partial charge in [0.05, 0.1) is 5.60 Å². The van der Waals surface area contributed by atoms with E-state index < -0.39 is 22.7 Å². The van der Waals surface area contributed by atoms with Crippen LogP contribution in [-0.2, 0) is 14.3 Å². The number of carbonyl (C=O) groups is 2. The molecule has 1 heterocycles. The van der Waals surface area contributed by atoms with E-state index in [2.05, 4.69) is 45.1 Å². The van der Waals surface area contributed by atoms with Crippen LogP contribution in [0.5, 0.6) is 0 Å². The molecule has 0 amide bonds. The molecule has 5 rings (SSSR count). The summed E-state index contributed by atoms with van der Waals surface area (Å²) in [4.78, 5) is 26.0. The van der Waals surface area contributed by atoms with E-state index in [0.29, 0.717) is 12.3 Å². The molecule has 7 atom stereocenters. The Kier molecular flexibility index (Phi) is 4.64. The Morgan fingerprint density at radius 3 is 2.52 bits per heavy atom. The summed E-state index contributed by atoms with van der Waals surface area (Å²) in [5.41, 5.74) is 0.430. The van der Waals surface area contributed by atoms with E-state index in [1.54, 1.807) is 13.8 Å². The number of carbonyl (C=O) groups excluding carboxylic acids is 2. The predicted octanol–water partition coefficient (Wildman–Crippen LogP) is 5.27. The zero-order valence-electron chi connectivity index (χ0n) is 21.1. The first-order chi connectivity index (χ1) is 15.2. The van der Waals surface area contributed by atoms with Crippen molar-refractivity contribution in [1.29, 1.82) is 0 Å². The fourth-order valence-corrected chi connectivity index (χ4v) is 7.65. The molecule has 1 aliphatic heterocycles. The van der Waals surface area contributed by atoms with Crippen molar-refractivity contribution >= 4 is 11.6 Å². The van der Waals surface area contributed by atoms with Crippen molar-refractivity contribution in [3.63, 3.8) is 0 Å². The van der Waals surface area contributed by atoms with Gasteiger partial charge in [0.25, 0.3) is 0 Å². The number of fused-ring (bicyclic) bond motifs is 2. The van der Waals surface area contributed by atoms with Crippen LogP contribution in [0.4, 0.5) is 0 Å². The highest BCUT2D eigenvalue weighted by Gasteiger charge is 2.71. The summed E-state index contributed by atoms with van der Waals surface area (Å²) in [5.74, 6) is -0.00138. The first kappa shape index (κ1) is 23.0. The van der Waals surface area contributed by atoms with Crippen molar-refractivity contribution in [2.24, 2.45) is 28.6 Å². The summed E-state index contributed by atoms with van der Waals surface area (Å²) < 4.78 is 7.16. The van der Waals surface area contributed by atoms with Crippen molar-refractivity contribution in [3.05, 3.63) is 47.1 Å². The van der Waals surface area contributed by atoms with Gasteiger partial charge in [0.1, 0.15) is 11.2 Å². The monoisotopic (exact) mass is 450 g/mol. The lowest BCUT2D eigenvalue weighted by molar-refractivity contribution is -0.232. The fourth-order valence-electron chi connectivity index (χ4n) is 7.65. The third kappa shape index (κ3) is 2.71. The van der Waals surface area contributed by atoms with E-state index >= 15 is 0 Å². The Hall–Kier alpha value is -1.78. The summed E-state index contributed by atoms with van der Waals surface area (Å²) in [6.07, 6.45) is 13.9. The molecule has 178 valence electrons. The molecule has 0 spiro atoms. The average Bonchev–Trinajstić information content (AvgIpc) is 2.96. The van der Waals surface area contributed by atoms with Crippen molar-refractivity contribution in [1.82, 2.24) is 0 Å². The van der Waals surface area contributed by atoms with Gasteiger partial charge in [-0.05, 0) is 74.7 Å². The van der Waals surface area contributed by atoms with Gasteiger partial charge in [0, 0.05) is 23.2 Å². The second-order valence-corrected chi connectivity index (χ2v) is 12.4. The minimum Gasteiger partial charge on any atom is -0.390 e. The quantitative estimate of drug-likeness (QED) is 0.636. The summed E-state index contributed by atoms with van der Waals surface area (Å²) >= 11 is 0. The number of rotatable bonds is 3.